The fourth-order valence-electron chi connectivity index (χ4n) is 4.02. The number of hydrogen-bond donors (Lipinski definition) is 2. The van der Waals surface area contributed by atoms with Crippen molar-refractivity contribution in [1.82, 2.24) is 9.55 Å². The number of aliphatic hydroxyl groups is 1. The van der Waals surface area contributed by atoms with Crippen LogP contribution in [0.4, 0.5) is 0 Å². The van der Waals surface area contributed by atoms with Gasteiger partial charge in [-0.2, -0.15) is 0 Å². The lowest BCUT2D eigenvalue weighted by Gasteiger charge is -2.41. The van der Waals surface area contributed by atoms with Gasteiger partial charge in [0.25, 0.3) is 5.56 Å². The molecule has 1 aromatic heterocycles. The highest BCUT2D eigenvalue weighted by atomic mass is 28.4. The second-order valence-corrected chi connectivity index (χ2v) is 14.7. The highest BCUT2D eigenvalue weighted by molar-refractivity contribution is 6.74. The van der Waals surface area contributed by atoms with Crippen molar-refractivity contribution in [2.24, 2.45) is 0 Å². The Morgan fingerprint density at radius 2 is 1.89 bits per heavy atom. The van der Waals surface area contributed by atoms with Crippen molar-refractivity contribution < 1.29 is 14.3 Å². The smallest absolute Gasteiger partial charge is 0.330 e. The van der Waals surface area contributed by atoms with Crippen LogP contribution in [0.15, 0.2) is 15.8 Å². The molecule has 1 aromatic rings. The predicted octanol–water partition coefficient (Wildman–Crippen LogP) is 2.83. The van der Waals surface area contributed by atoms with Gasteiger partial charge in [-0.25, -0.2) is 4.79 Å². The first-order valence-electron chi connectivity index (χ1n) is 10.2. The quantitative estimate of drug-likeness (QED) is 0.745. The maximum Gasteiger partial charge on any atom is 0.330 e. The zero-order valence-corrected chi connectivity index (χ0v) is 18.9. The maximum atomic E-state index is 12.4. The number of nitrogens with zero attached hydrogens (tertiary/aromatic N) is 1. The SMILES string of the molecule is Cc1cn([C@H]2C[C@@H](O[Si](C)(C)C(C)(C)C)[C@@H](C3(O)CCCC3)O2)c(=O)[nH]c1=O. The molecule has 0 spiro atoms. The van der Waals surface area contributed by atoms with Gasteiger partial charge in [-0.05, 0) is 37.9 Å². The molecule has 1 aliphatic heterocycles. The molecule has 0 aromatic carbocycles. The summed E-state index contributed by atoms with van der Waals surface area (Å²) >= 11 is 0. The van der Waals surface area contributed by atoms with E-state index in [4.69, 9.17) is 9.16 Å². The average Bonchev–Trinajstić information content (AvgIpc) is 3.17. The topological polar surface area (TPSA) is 93.6 Å². The van der Waals surface area contributed by atoms with E-state index >= 15 is 0 Å². The summed E-state index contributed by atoms with van der Waals surface area (Å²) < 4.78 is 14.4. The molecule has 1 aliphatic carbocycles. The zero-order valence-electron chi connectivity index (χ0n) is 17.9. The Balaban J connectivity index is 1.94. The van der Waals surface area contributed by atoms with E-state index in [1.54, 1.807) is 6.92 Å². The van der Waals surface area contributed by atoms with Crippen LogP contribution in [0.2, 0.25) is 18.1 Å². The van der Waals surface area contributed by atoms with Crippen LogP contribution < -0.4 is 11.2 Å². The molecule has 1 saturated heterocycles. The van der Waals surface area contributed by atoms with Gasteiger partial charge in [-0.1, -0.05) is 33.6 Å². The molecular weight excluding hydrogens is 376 g/mol. The van der Waals surface area contributed by atoms with Crippen LogP contribution >= 0.6 is 0 Å². The molecule has 0 radical (unpaired) electrons. The van der Waals surface area contributed by atoms with E-state index in [9.17, 15) is 14.7 Å². The van der Waals surface area contributed by atoms with E-state index in [2.05, 4.69) is 38.8 Å². The molecule has 2 aliphatic rings. The Bertz CT molecular complexity index is 832. The monoisotopic (exact) mass is 410 g/mol. The van der Waals surface area contributed by atoms with Crippen molar-refractivity contribution in [1.29, 1.82) is 0 Å². The first-order chi connectivity index (χ1) is 12.8. The first-order valence-corrected chi connectivity index (χ1v) is 13.1. The van der Waals surface area contributed by atoms with Gasteiger partial charge < -0.3 is 14.3 Å². The summed E-state index contributed by atoms with van der Waals surface area (Å²) in [5, 5.41) is 11.3. The van der Waals surface area contributed by atoms with Crippen molar-refractivity contribution >= 4 is 8.32 Å². The van der Waals surface area contributed by atoms with Gasteiger partial charge in [0.2, 0.25) is 0 Å². The summed E-state index contributed by atoms with van der Waals surface area (Å²) in [6.45, 7) is 12.6. The van der Waals surface area contributed by atoms with Crippen molar-refractivity contribution in [2.75, 3.05) is 0 Å². The van der Waals surface area contributed by atoms with E-state index in [-0.39, 0.29) is 16.7 Å². The van der Waals surface area contributed by atoms with Crippen LogP contribution in [0, 0.1) is 6.92 Å². The summed E-state index contributed by atoms with van der Waals surface area (Å²) in [6, 6.07) is 0. The lowest BCUT2D eigenvalue weighted by molar-refractivity contribution is -0.135. The third-order valence-corrected chi connectivity index (χ3v) is 11.3. The number of hydrogen-bond acceptors (Lipinski definition) is 5. The molecule has 3 atom stereocenters. The van der Waals surface area contributed by atoms with Crippen LogP contribution in [-0.2, 0) is 9.16 Å². The molecule has 2 heterocycles. The Kier molecular flexibility index (Phi) is 5.55. The molecule has 0 bridgehead atoms. The van der Waals surface area contributed by atoms with Crippen LogP contribution in [0.25, 0.3) is 0 Å². The summed E-state index contributed by atoms with van der Waals surface area (Å²) in [4.78, 5) is 26.4. The van der Waals surface area contributed by atoms with Gasteiger partial charge in [0.15, 0.2) is 8.32 Å². The highest BCUT2D eigenvalue weighted by Crippen LogP contribution is 2.46. The van der Waals surface area contributed by atoms with E-state index in [1.807, 2.05) is 0 Å². The average molecular weight is 411 g/mol. The van der Waals surface area contributed by atoms with Crippen molar-refractivity contribution in [2.45, 2.75) is 102 Å². The van der Waals surface area contributed by atoms with Crippen LogP contribution in [0.1, 0.15) is 64.7 Å². The summed E-state index contributed by atoms with van der Waals surface area (Å²) in [5.41, 5.74) is -1.36. The number of nitrogens with one attached hydrogen (secondary N) is 1. The van der Waals surface area contributed by atoms with E-state index in [0.717, 1.165) is 12.8 Å². The van der Waals surface area contributed by atoms with E-state index < -0.39 is 31.9 Å². The van der Waals surface area contributed by atoms with Gasteiger partial charge in [0.05, 0.1) is 11.7 Å². The molecule has 0 unspecified atom stereocenters. The Morgan fingerprint density at radius 3 is 2.46 bits per heavy atom. The number of ether oxygens (including phenoxy) is 1. The van der Waals surface area contributed by atoms with Crippen molar-refractivity contribution in [3.05, 3.63) is 32.6 Å². The largest absolute Gasteiger partial charge is 0.411 e. The van der Waals surface area contributed by atoms with Gasteiger partial charge >= 0.3 is 5.69 Å². The number of aromatic nitrogens is 2. The molecular formula is C20H34N2O5Si. The van der Waals surface area contributed by atoms with Crippen LogP contribution in [0.3, 0.4) is 0 Å². The number of H-pyrrole nitrogens is 1. The molecule has 2 fully saturated rings. The van der Waals surface area contributed by atoms with Crippen molar-refractivity contribution in [3.63, 3.8) is 0 Å². The van der Waals surface area contributed by atoms with E-state index in [1.165, 1.54) is 10.8 Å². The molecule has 1 saturated carbocycles. The third kappa shape index (κ3) is 3.92. The van der Waals surface area contributed by atoms with Gasteiger partial charge in [-0.15, -0.1) is 0 Å². The van der Waals surface area contributed by atoms with Crippen molar-refractivity contribution in [3.8, 4) is 0 Å². The number of aromatic amines is 1. The fourth-order valence-corrected chi connectivity index (χ4v) is 5.35. The molecule has 7 nitrogen and oxygen atoms in total. The Labute approximate surface area is 167 Å². The normalized spacial score (nSPS) is 28.0. The summed E-state index contributed by atoms with van der Waals surface area (Å²) in [5.74, 6) is 0. The molecule has 0 amide bonds. The lowest BCUT2D eigenvalue weighted by Crippen LogP contribution is -2.52. The maximum absolute atomic E-state index is 12.4. The second-order valence-electron chi connectivity index (χ2n) is 9.95. The third-order valence-electron chi connectivity index (χ3n) is 6.78. The molecule has 28 heavy (non-hydrogen) atoms. The highest BCUT2D eigenvalue weighted by Gasteiger charge is 2.53. The molecule has 3 rings (SSSR count). The Morgan fingerprint density at radius 1 is 1.29 bits per heavy atom. The lowest BCUT2D eigenvalue weighted by atomic mass is 9.91. The van der Waals surface area contributed by atoms with E-state index in [0.29, 0.717) is 24.8 Å². The molecule has 8 heteroatoms. The van der Waals surface area contributed by atoms with Gasteiger partial charge in [0, 0.05) is 18.2 Å². The van der Waals surface area contributed by atoms with Crippen LogP contribution in [-0.4, -0.2) is 40.8 Å². The Hall–Kier alpha value is -1.22. The zero-order chi connectivity index (χ0) is 20.9. The molecule has 2 N–H and O–H groups in total. The first kappa shape index (κ1) is 21.5. The molecule has 158 valence electrons. The summed E-state index contributed by atoms with van der Waals surface area (Å²) in [7, 11) is -2.10. The standard InChI is InChI=1S/C20H34N2O5Si/c1-13-12-22(18(24)21-17(13)23)15-11-14(27-28(5,6)19(2,3)4)16(26-15)20(25)9-7-8-10-20/h12,14-16,25H,7-11H2,1-6H3,(H,21,23,24)/t14-,15-,16+/m1/s1. The summed E-state index contributed by atoms with van der Waals surface area (Å²) in [6.07, 6.45) is 3.98. The second kappa shape index (κ2) is 7.23. The number of rotatable bonds is 4. The number of aryl methyl sites for hydroxylation is 1. The minimum absolute atomic E-state index is 0.0271. The van der Waals surface area contributed by atoms with Gasteiger partial charge in [0.1, 0.15) is 12.3 Å². The van der Waals surface area contributed by atoms with Crippen LogP contribution in [0.5, 0.6) is 0 Å². The minimum Gasteiger partial charge on any atom is -0.411 e. The predicted molar refractivity (Wildman–Crippen MR) is 110 cm³/mol. The van der Waals surface area contributed by atoms with Gasteiger partial charge in [-0.3, -0.25) is 14.3 Å². The minimum atomic E-state index is -2.10. The fraction of sp³-hybridized carbons (Fsp3) is 0.800.